The molecule has 0 aliphatic carbocycles. The van der Waals surface area contributed by atoms with E-state index in [0.29, 0.717) is 17.8 Å². The molecular formula is C12H17BrN2O3S. The highest BCUT2D eigenvalue weighted by Gasteiger charge is 2.21. The molecule has 1 fully saturated rings. The monoisotopic (exact) mass is 348 g/mol. The van der Waals surface area contributed by atoms with Crippen LogP contribution in [0.2, 0.25) is 0 Å². The van der Waals surface area contributed by atoms with Crippen molar-refractivity contribution in [1.82, 2.24) is 4.98 Å². The highest BCUT2D eigenvalue weighted by atomic mass is 79.9. The zero-order chi connectivity index (χ0) is 14.0. The number of nitrogens with zero attached hydrogens (tertiary/aromatic N) is 2. The van der Waals surface area contributed by atoms with E-state index in [1.165, 1.54) is 6.26 Å². The third-order valence-electron chi connectivity index (χ3n) is 2.93. The lowest BCUT2D eigenvalue weighted by Gasteiger charge is -2.34. The van der Waals surface area contributed by atoms with Crippen molar-refractivity contribution in [3.05, 3.63) is 22.3 Å². The first kappa shape index (κ1) is 14.7. The van der Waals surface area contributed by atoms with Gasteiger partial charge in [-0.3, -0.25) is 0 Å². The van der Waals surface area contributed by atoms with Gasteiger partial charge in [-0.05, 0) is 40.5 Å². The van der Waals surface area contributed by atoms with Crippen LogP contribution in [0.4, 0.5) is 5.82 Å². The van der Waals surface area contributed by atoms with Gasteiger partial charge in [0.05, 0.1) is 25.0 Å². The van der Waals surface area contributed by atoms with Crippen LogP contribution >= 0.6 is 15.9 Å². The van der Waals surface area contributed by atoms with Gasteiger partial charge >= 0.3 is 0 Å². The maximum absolute atomic E-state index is 11.4. The number of pyridine rings is 1. The number of aromatic nitrogens is 1. The molecule has 0 radical (unpaired) electrons. The van der Waals surface area contributed by atoms with Crippen molar-refractivity contribution in [1.29, 1.82) is 0 Å². The van der Waals surface area contributed by atoms with Gasteiger partial charge in [-0.15, -0.1) is 0 Å². The molecule has 19 heavy (non-hydrogen) atoms. The van der Waals surface area contributed by atoms with Crippen molar-refractivity contribution in [2.45, 2.75) is 18.7 Å². The molecule has 7 heteroatoms. The van der Waals surface area contributed by atoms with E-state index in [1.54, 1.807) is 6.07 Å². The summed E-state index contributed by atoms with van der Waals surface area (Å²) in [5.74, 6) is 0.823. The van der Waals surface area contributed by atoms with Gasteiger partial charge in [0.15, 0.2) is 9.84 Å². The van der Waals surface area contributed by atoms with E-state index in [-0.39, 0.29) is 11.8 Å². The molecule has 0 N–H and O–H groups in total. The van der Waals surface area contributed by atoms with E-state index in [4.69, 9.17) is 4.74 Å². The molecule has 5 nitrogen and oxygen atoms in total. The van der Waals surface area contributed by atoms with Crippen molar-refractivity contribution in [3.63, 3.8) is 0 Å². The second-order valence-electron chi connectivity index (χ2n) is 4.84. The van der Waals surface area contributed by atoms with Crippen molar-refractivity contribution < 1.29 is 13.2 Å². The van der Waals surface area contributed by atoms with Crippen LogP contribution in [-0.4, -0.2) is 45.5 Å². The van der Waals surface area contributed by atoms with E-state index >= 15 is 0 Å². The Bertz CT molecular complexity index is 562. The molecule has 1 aliphatic rings. The lowest BCUT2D eigenvalue weighted by Crippen LogP contribution is -2.44. The highest BCUT2D eigenvalue weighted by Crippen LogP contribution is 2.23. The molecule has 2 rings (SSSR count). The van der Waals surface area contributed by atoms with E-state index in [1.807, 2.05) is 6.07 Å². The zero-order valence-corrected chi connectivity index (χ0v) is 13.4. The van der Waals surface area contributed by atoms with Gasteiger partial charge in [-0.2, -0.15) is 0 Å². The van der Waals surface area contributed by atoms with Gasteiger partial charge in [0.1, 0.15) is 10.4 Å². The molecule has 0 aromatic carbocycles. The topological polar surface area (TPSA) is 59.5 Å². The fraction of sp³-hybridized carbons (Fsp3) is 0.583. The number of anilines is 1. The molecule has 106 valence electrons. The van der Waals surface area contributed by atoms with E-state index < -0.39 is 9.84 Å². The van der Waals surface area contributed by atoms with Crippen LogP contribution in [-0.2, 0) is 20.3 Å². The largest absolute Gasteiger partial charge is 0.377 e. The summed E-state index contributed by atoms with van der Waals surface area (Å²) in [5.41, 5.74) is 0.748. The molecule has 1 aliphatic heterocycles. The summed E-state index contributed by atoms with van der Waals surface area (Å²) in [4.78, 5) is 6.57. The summed E-state index contributed by atoms with van der Waals surface area (Å²) >= 11 is 3.34. The third kappa shape index (κ3) is 4.15. The summed E-state index contributed by atoms with van der Waals surface area (Å²) in [6.07, 6.45) is 1.23. The van der Waals surface area contributed by atoms with Crippen molar-refractivity contribution in [2.24, 2.45) is 0 Å². The van der Waals surface area contributed by atoms with E-state index in [9.17, 15) is 8.42 Å². The molecule has 1 aromatic heterocycles. The number of hydrogen-bond acceptors (Lipinski definition) is 5. The second-order valence-corrected chi connectivity index (χ2v) is 7.80. The number of halogens is 1. The number of hydrogen-bond donors (Lipinski definition) is 0. The Hall–Kier alpha value is -0.660. The normalized spacial score (nSPS) is 20.6. The first-order valence-electron chi connectivity index (χ1n) is 6.04. The lowest BCUT2D eigenvalue weighted by molar-refractivity contribution is 0.0985. The molecule has 1 unspecified atom stereocenters. The number of morpholine rings is 1. The van der Waals surface area contributed by atoms with Crippen LogP contribution in [0.1, 0.15) is 12.5 Å². The first-order chi connectivity index (χ1) is 8.85. The molecule has 2 heterocycles. The van der Waals surface area contributed by atoms with Gasteiger partial charge in [0.2, 0.25) is 0 Å². The fourth-order valence-electron chi connectivity index (χ4n) is 2.14. The predicted molar refractivity (Wildman–Crippen MR) is 78.1 cm³/mol. The third-order valence-corrected chi connectivity index (χ3v) is 4.20. The van der Waals surface area contributed by atoms with Crippen LogP contribution in [0, 0.1) is 0 Å². The Labute approximate surface area is 122 Å². The van der Waals surface area contributed by atoms with Gasteiger partial charge < -0.3 is 9.64 Å². The quantitative estimate of drug-likeness (QED) is 0.776. The second kappa shape index (κ2) is 5.76. The van der Waals surface area contributed by atoms with Crippen LogP contribution in [0.25, 0.3) is 0 Å². The van der Waals surface area contributed by atoms with Crippen LogP contribution in [0.3, 0.4) is 0 Å². The van der Waals surface area contributed by atoms with Gasteiger partial charge in [-0.1, -0.05) is 0 Å². The van der Waals surface area contributed by atoms with Crippen LogP contribution in [0.15, 0.2) is 16.7 Å². The van der Waals surface area contributed by atoms with Crippen molar-refractivity contribution >= 4 is 31.6 Å². The minimum Gasteiger partial charge on any atom is -0.377 e. The summed E-state index contributed by atoms with van der Waals surface area (Å²) in [6, 6.07) is 3.82. The Morgan fingerprint density at radius 3 is 2.89 bits per heavy atom. The SMILES string of the molecule is CC1COCCN1c1cc(CS(C)(=O)=O)cc(Br)n1. The molecular weight excluding hydrogens is 332 g/mol. The number of ether oxygens (including phenoxy) is 1. The summed E-state index contributed by atoms with van der Waals surface area (Å²) in [5, 5.41) is 0. The molecule has 1 atom stereocenters. The Morgan fingerprint density at radius 1 is 1.53 bits per heavy atom. The minimum absolute atomic E-state index is 0.0276. The van der Waals surface area contributed by atoms with Gasteiger partial charge in [0, 0.05) is 12.8 Å². The van der Waals surface area contributed by atoms with Crippen LogP contribution < -0.4 is 4.90 Å². The molecule has 0 bridgehead atoms. The average Bonchev–Trinajstić information content (AvgIpc) is 2.26. The fourth-order valence-corrected chi connectivity index (χ4v) is 3.38. The Morgan fingerprint density at radius 2 is 2.26 bits per heavy atom. The summed E-state index contributed by atoms with van der Waals surface area (Å²) in [7, 11) is -3.05. The average molecular weight is 349 g/mol. The molecule has 1 saturated heterocycles. The highest BCUT2D eigenvalue weighted by molar-refractivity contribution is 9.10. The first-order valence-corrected chi connectivity index (χ1v) is 8.89. The molecule has 1 aromatic rings. The van der Waals surface area contributed by atoms with E-state index in [0.717, 1.165) is 17.9 Å². The van der Waals surface area contributed by atoms with Gasteiger partial charge in [0.25, 0.3) is 0 Å². The predicted octanol–water partition coefficient (Wildman–Crippen LogP) is 1.61. The van der Waals surface area contributed by atoms with Gasteiger partial charge in [-0.25, -0.2) is 13.4 Å². The zero-order valence-electron chi connectivity index (χ0n) is 11.0. The minimum atomic E-state index is -3.05. The Kier molecular flexibility index (Phi) is 4.47. The van der Waals surface area contributed by atoms with E-state index in [2.05, 4.69) is 32.7 Å². The molecule has 0 amide bonds. The maximum Gasteiger partial charge on any atom is 0.151 e. The smallest absolute Gasteiger partial charge is 0.151 e. The maximum atomic E-state index is 11.4. The Balaban J connectivity index is 2.30. The molecule has 0 saturated carbocycles. The summed E-state index contributed by atoms with van der Waals surface area (Å²) < 4.78 is 28.8. The van der Waals surface area contributed by atoms with Crippen molar-refractivity contribution in [3.8, 4) is 0 Å². The number of rotatable bonds is 3. The van der Waals surface area contributed by atoms with Crippen molar-refractivity contribution in [2.75, 3.05) is 30.9 Å². The standard InChI is InChI=1S/C12H17BrN2O3S/c1-9-7-18-4-3-15(9)12-6-10(5-11(13)14-12)8-19(2,16)17/h5-6,9H,3-4,7-8H2,1-2H3. The molecule has 0 spiro atoms. The number of sulfone groups is 1. The summed E-state index contributed by atoms with van der Waals surface area (Å²) in [6.45, 7) is 4.16. The van der Waals surface area contributed by atoms with Crippen LogP contribution in [0.5, 0.6) is 0 Å². The lowest BCUT2D eigenvalue weighted by atomic mass is 10.2.